The van der Waals surface area contributed by atoms with Crippen molar-refractivity contribution in [3.8, 4) is 29.1 Å². The Morgan fingerprint density at radius 1 is 0.881 bits per heavy atom. The van der Waals surface area contributed by atoms with Crippen molar-refractivity contribution in [3.63, 3.8) is 0 Å². The van der Waals surface area contributed by atoms with Crippen LogP contribution in [0.1, 0.15) is 44.2 Å². The number of carbonyl (C=O) groups is 1. The number of nitriles is 1. The number of hydrogen-bond donors (Lipinski definition) is 3. The van der Waals surface area contributed by atoms with Gasteiger partial charge in [0, 0.05) is 0 Å². The van der Waals surface area contributed by atoms with Crippen LogP contribution >= 0.6 is 0 Å². The molecule has 2 aromatic rings. The van der Waals surface area contributed by atoms with E-state index in [1.165, 1.54) is 30.3 Å². The molecular formula is C23H22F4N7NaO7. The van der Waals surface area contributed by atoms with Crippen LogP contribution < -0.4 is 54.3 Å². The molecule has 2 aliphatic carbocycles. The van der Waals surface area contributed by atoms with Gasteiger partial charge in [-0.25, -0.2) is 10.4 Å². The molecule has 0 radical (unpaired) electrons. The summed E-state index contributed by atoms with van der Waals surface area (Å²) in [4.78, 5) is 11.1. The average molecular weight is 607 g/mol. The molecule has 0 saturated heterocycles. The molecule has 42 heavy (non-hydrogen) atoms. The van der Waals surface area contributed by atoms with Gasteiger partial charge in [0.15, 0.2) is 23.0 Å². The average Bonchev–Trinajstić information content (AvgIpc) is 3.81. The third kappa shape index (κ3) is 7.47. The smallest absolute Gasteiger partial charge is 0.481 e. The van der Waals surface area contributed by atoms with Gasteiger partial charge in [-0.1, -0.05) is 24.8 Å². The van der Waals surface area contributed by atoms with Crippen molar-refractivity contribution < 1.29 is 81.2 Å². The first kappa shape index (κ1) is 34.3. The normalized spacial score (nSPS) is 19.4. The van der Waals surface area contributed by atoms with Crippen molar-refractivity contribution in [2.45, 2.75) is 56.5 Å². The molecule has 0 spiro atoms. The Morgan fingerprint density at radius 2 is 1.36 bits per heavy atom. The standard InChI is InChI=1S/C11H7F2NO2.C11H8F2O4.CH4.H3N6O.Na/c12-11(13)15-8-2-1-7(5-9(8)16-11)10(6-14)3-4-10;12-11(13)16-7-2-1-6(5-8(7)17-11)10(3-4-10)9(14)15;;1-2-3-4-5-6-7;/h1-2,5H,3-4H2;1-2,5H,3-4H2,(H,14,15);1H4;(H3-,1,2,3,4,5,6,7);/q;;;-1;+1. The number of ether oxygens (including phenoxy) is 4. The Kier molecular flexibility index (Phi) is 10.6. The summed E-state index contributed by atoms with van der Waals surface area (Å²) in [5, 5.41) is 36.4. The number of alkyl halides is 4. The van der Waals surface area contributed by atoms with Gasteiger partial charge >= 0.3 is 48.1 Å². The van der Waals surface area contributed by atoms with Gasteiger partial charge in [0.05, 0.1) is 16.9 Å². The third-order valence-electron chi connectivity index (χ3n) is 6.20. The zero-order valence-corrected chi connectivity index (χ0v) is 23.0. The fourth-order valence-electron chi connectivity index (χ4n) is 3.89. The number of carboxylic acid groups (broad SMARTS) is 1. The number of fused-ring (bicyclic) bond motifs is 2. The van der Waals surface area contributed by atoms with E-state index in [1.807, 2.05) is 0 Å². The molecule has 2 heterocycles. The molecule has 4 aliphatic rings. The van der Waals surface area contributed by atoms with E-state index >= 15 is 0 Å². The molecule has 0 unspecified atom stereocenters. The van der Waals surface area contributed by atoms with Crippen LogP contribution in [0.15, 0.2) is 57.3 Å². The van der Waals surface area contributed by atoms with Gasteiger partial charge in [-0.2, -0.15) is 5.26 Å². The third-order valence-corrected chi connectivity index (χ3v) is 6.20. The number of hydrogen-bond acceptors (Lipinski definition) is 9. The van der Waals surface area contributed by atoms with Gasteiger partial charge < -0.3 is 35.1 Å². The maximum Gasteiger partial charge on any atom is 1.00 e. The maximum absolute atomic E-state index is 12.8. The zero-order valence-electron chi connectivity index (χ0n) is 21.0. The monoisotopic (exact) mass is 607 g/mol. The SMILES string of the molecule is C.N#CC1(c2ccc3c(c2)OC(F)(F)O3)CC1.N/N=N/N=N/[N-]O.O=C(O)C1(c2ccc3c(c2)OC(F)(F)O3)CC1.[Na+]. The summed E-state index contributed by atoms with van der Waals surface area (Å²) in [6.45, 7) is 0. The van der Waals surface area contributed by atoms with Crippen LogP contribution in [0.2, 0.25) is 0 Å². The van der Waals surface area contributed by atoms with Crippen LogP contribution in [-0.2, 0) is 15.6 Å². The molecule has 2 aromatic carbocycles. The predicted octanol–water partition coefficient (Wildman–Crippen LogP) is 2.69. The summed E-state index contributed by atoms with van der Waals surface area (Å²) in [5.74, 6) is 3.35. The zero-order chi connectivity index (χ0) is 29.2. The van der Waals surface area contributed by atoms with Crippen LogP contribution in [0, 0.1) is 11.3 Å². The van der Waals surface area contributed by atoms with Crippen molar-refractivity contribution in [3.05, 3.63) is 53.1 Å². The minimum absolute atomic E-state index is 0. The molecule has 0 aromatic heterocycles. The Morgan fingerprint density at radius 3 is 1.76 bits per heavy atom. The molecule has 4 N–H and O–H groups in total. The van der Waals surface area contributed by atoms with E-state index in [1.54, 1.807) is 6.07 Å². The van der Waals surface area contributed by atoms with E-state index in [0.29, 0.717) is 18.4 Å². The van der Waals surface area contributed by atoms with Gasteiger partial charge in [-0.3, -0.25) is 10.4 Å². The van der Waals surface area contributed by atoms with Gasteiger partial charge in [0.25, 0.3) is 0 Å². The van der Waals surface area contributed by atoms with Crippen molar-refractivity contribution in [2.24, 2.45) is 26.7 Å². The second-order valence-electron chi connectivity index (χ2n) is 8.71. The molecule has 14 nitrogen and oxygen atoms in total. The number of aliphatic carboxylic acids is 1. The molecule has 0 atom stereocenters. The Balaban J connectivity index is 0.000000233. The van der Waals surface area contributed by atoms with Crippen LogP contribution in [0.25, 0.3) is 5.59 Å². The predicted molar refractivity (Wildman–Crippen MR) is 126 cm³/mol. The van der Waals surface area contributed by atoms with Crippen molar-refractivity contribution in [1.29, 1.82) is 5.26 Å². The van der Waals surface area contributed by atoms with Gasteiger partial charge in [0.2, 0.25) is 0 Å². The summed E-state index contributed by atoms with van der Waals surface area (Å²) in [6, 6.07) is 10.8. The number of nitrogens with two attached hydrogens (primary N) is 1. The first-order chi connectivity index (χ1) is 18.9. The van der Waals surface area contributed by atoms with Gasteiger partial charge in [-0.05, 0) is 61.1 Å². The van der Waals surface area contributed by atoms with Crippen LogP contribution in [0.3, 0.4) is 0 Å². The molecule has 2 saturated carbocycles. The summed E-state index contributed by atoms with van der Waals surface area (Å²) < 4.78 is 68.2. The van der Waals surface area contributed by atoms with E-state index in [-0.39, 0.29) is 60.0 Å². The molecule has 19 heteroatoms. The summed E-state index contributed by atoms with van der Waals surface area (Å²) >= 11 is 0. The maximum atomic E-state index is 12.8. The Hall–Kier alpha value is -3.92. The fourth-order valence-corrected chi connectivity index (χ4v) is 3.89. The first-order valence-electron chi connectivity index (χ1n) is 11.2. The van der Waals surface area contributed by atoms with Crippen LogP contribution in [0.5, 0.6) is 23.0 Å². The number of carboxylic acids is 1. The number of benzene rings is 2. The number of rotatable bonds is 5. The van der Waals surface area contributed by atoms with E-state index < -0.39 is 29.4 Å². The fraction of sp³-hybridized carbons (Fsp3) is 0.391. The molecule has 0 bridgehead atoms. The molecule has 6 rings (SSSR count). The van der Waals surface area contributed by atoms with Gasteiger partial charge in [0.1, 0.15) is 0 Å². The largest absolute Gasteiger partial charge is 1.00 e. The van der Waals surface area contributed by atoms with Crippen LogP contribution in [-0.4, -0.2) is 28.9 Å². The molecule has 220 valence electrons. The topological polar surface area (TPSA) is 208 Å². The van der Waals surface area contributed by atoms with E-state index in [9.17, 15) is 22.4 Å². The summed E-state index contributed by atoms with van der Waals surface area (Å²) in [6.07, 6.45) is -4.71. The Bertz CT molecular complexity index is 1400. The summed E-state index contributed by atoms with van der Waals surface area (Å²) in [5.41, 5.74) is 1.98. The summed E-state index contributed by atoms with van der Waals surface area (Å²) in [7, 11) is 0. The molecule has 0 amide bonds. The van der Waals surface area contributed by atoms with E-state index in [4.69, 9.17) is 15.6 Å². The van der Waals surface area contributed by atoms with Crippen molar-refractivity contribution >= 4 is 5.97 Å². The minimum Gasteiger partial charge on any atom is -0.481 e. The van der Waals surface area contributed by atoms with Crippen molar-refractivity contribution in [1.82, 2.24) is 0 Å². The molecule has 2 fully saturated rings. The first-order valence-corrected chi connectivity index (χ1v) is 11.2. The number of halogens is 4. The second kappa shape index (κ2) is 12.9. The molecular weight excluding hydrogens is 585 g/mol. The minimum atomic E-state index is -3.67. The van der Waals surface area contributed by atoms with E-state index in [0.717, 1.165) is 18.4 Å². The second-order valence-corrected chi connectivity index (χ2v) is 8.71. The Labute approximate surface area is 257 Å². The van der Waals surface area contributed by atoms with E-state index in [2.05, 4.69) is 57.3 Å². The van der Waals surface area contributed by atoms with Gasteiger partial charge in [-0.15, -0.1) is 22.8 Å². The van der Waals surface area contributed by atoms with Crippen LogP contribution in [0.4, 0.5) is 17.6 Å². The molecule has 2 aliphatic heterocycles. The quantitative estimate of drug-likeness (QED) is 0.150. The van der Waals surface area contributed by atoms with Crippen molar-refractivity contribution in [2.75, 3.05) is 0 Å². The number of nitrogens with zero attached hydrogens (tertiary/aromatic N) is 6.